The Kier molecular flexibility index (Phi) is 6.72. The molecule has 7 nitrogen and oxygen atoms in total. The Balaban J connectivity index is 1.70. The number of hydrogen-bond acceptors (Lipinski definition) is 5. The summed E-state index contributed by atoms with van der Waals surface area (Å²) in [7, 11) is 3.59. The fraction of sp³-hybridized carbons (Fsp3) is 0.364. The molecule has 0 spiro atoms. The van der Waals surface area contributed by atoms with E-state index < -0.39 is 6.10 Å². The third-order valence-electron chi connectivity index (χ3n) is 4.95. The average Bonchev–Trinajstić information content (AvgIpc) is 2.74. The van der Waals surface area contributed by atoms with Gasteiger partial charge in [0.15, 0.2) is 17.6 Å². The molecule has 0 radical (unpaired) electrons. The lowest BCUT2D eigenvalue weighted by Crippen LogP contribution is -2.47. The molecule has 29 heavy (non-hydrogen) atoms. The number of methoxy groups -OCH3 is 1. The first-order chi connectivity index (χ1) is 14.0. The Morgan fingerprint density at radius 2 is 1.59 bits per heavy atom. The largest absolute Gasteiger partial charge is 0.493 e. The van der Waals surface area contributed by atoms with Crippen LogP contribution in [0.3, 0.4) is 0 Å². The molecule has 7 heteroatoms. The molecule has 1 aliphatic heterocycles. The minimum absolute atomic E-state index is 0.0766. The third-order valence-corrected chi connectivity index (χ3v) is 4.95. The molecule has 1 unspecified atom stereocenters. The lowest BCUT2D eigenvalue weighted by atomic mass is 10.1. The summed E-state index contributed by atoms with van der Waals surface area (Å²) in [4.78, 5) is 29.7. The molecule has 2 amide bonds. The molecule has 1 atom stereocenters. The van der Waals surface area contributed by atoms with E-state index in [0.29, 0.717) is 35.8 Å². The average molecular weight is 397 g/mol. The van der Waals surface area contributed by atoms with Crippen LogP contribution in [0.25, 0.3) is 0 Å². The van der Waals surface area contributed by atoms with Crippen molar-refractivity contribution in [2.45, 2.75) is 13.0 Å². The first-order valence-corrected chi connectivity index (χ1v) is 9.67. The summed E-state index contributed by atoms with van der Waals surface area (Å²) in [5.74, 6) is 0.624. The number of piperazine rings is 1. The highest BCUT2D eigenvalue weighted by Crippen LogP contribution is 2.27. The number of hydrogen-bond donors (Lipinski definition) is 1. The molecule has 1 N–H and O–H groups in total. The van der Waals surface area contributed by atoms with Crippen LogP contribution in [-0.2, 0) is 4.79 Å². The van der Waals surface area contributed by atoms with Crippen molar-refractivity contribution in [2.75, 3.05) is 45.7 Å². The molecule has 0 saturated carbocycles. The number of rotatable bonds is 6. The number of nitrogens with one attached hydrogen (secondary N) is 1. The first kappa shape index (κ1) is 20.7. The van der Waals surface area contributed by atoms with Gasteiger partial charge in [0.2, 0.25) is 0 Å². The van der Waals surface area contributed by atoms with Crippen LogP contribution in [0.15, 0.2) is 48.5 Å². The van der Waals surface area contributed by atoms with Gasteiger partial charge in [0.1, 0.15) is 0 Å². The molecule has 0 aromatic heterocycles. The van der Waals surface area contributed by atoms with Gasteiger partial charge < -0.3 is 24.6 Å². The number of benzene rings is 2. The van der Waals surface area contributed by atoms with Crippen LogP contribution in [-0.4, -0.2) is 68.1 Å². The van der Waals surface area contributed by atoms with E-state index in [2.05, 4.69) is 10.2 Å². The van der Waals surface area contributed by atoms with Crippen LogP contribution in [0, 0.1) is 0 Å². The van der Waals surface area contributed by atoms with E-state index in [1.807, 2.05) is 24.1 Å². The van der Waals surface area contributed by atoms with Crippen molar-refractivity contribution < 1.29 is 19.1 Å². The van der Waals surface area contributed by atoms with E-state index in [9.17, 15) is 9.59 Å². The highest BCUT2D eigenvalue weighted by atomic mass is 16.5. The van der Waals surface area contributed by atoms with Crippen molar-refractivity contribution in [3.05, 3.63) is 54.1 Å². The fourth-order valence-electron chi connectivity index (χ4n) is 3.15. The molecular formula is C22H27N3O4. The first-order valence-electron chi connectivity index (χ1n) is 9.67. The summed E-state index contributed by atoms with van der Waals surface area (Å²) < 4.78 is 11.0. The van der Waals surface area contributed by atoms with Crippen LogP contribution in [0.1, 0.15) is 17.3 Å². The minimum Gasteiger partial charge on any atom is -0.493 e. The predicted octanol–water partition coefficient (Wildman–Crippen LogP) is 2.49. The Morgan fingerprint density at radius 3 is 2.28 bits per heavy atom. The van der Waals surface area contributed by atoms with Gasteiger partial charge in [-0.05, 0) is 38.2 Å². The molecule has 0 aliphatic carbocycles. The molecule has 0 bridgehead atoms. The van der Waals surface area contributed by atoms with Crippen LogP contribution in [0.5, 0.6) is 11.5 Å². The molecule has 2 aromatic carbocycles. The normalized spacial score (nSPS) is 15.5. The fourth-order valence-corrected chi connectivity index (χ4v) is 3.15. The van der Waals surface area contributed by atoms with Crippen molar-refractivity contribution in [3.8, 4) is 11.5 Å². The SMILES string of the molecule is COc1ccccc1OC(C)C(=O)Nc1ccccc1C(=O)N1CCN(C)CC1. The van der Waals surface area contributed by atoms with Crippen molar-refractivity contribution in [2.24, 2.45) is 0 Å². The highest BCUT2D eigenvalue weighted by Gasteiger charge is 2.24. The van der Waals surface area contributed by atoms with E-state index in [-0.39, 0.29) is 11.8 Å². The molecule has 3 rings (SSSR count). The number of anilines is 1. The second-order valence-corrected chi connectivity index (χ2v) is 7.04. The second kappa shape index (κ2) is 9.43. The van der Waals surface area contributed by atoms with Gasteiger partial charge >= 0.3 is 0 Å². The Morgan fingerprint density at radius 1 is 0.966 bits per heavy atom. The smallest absolute Gasteiger partial charge is 0.265 e. The summed E-state index contributed by atoms with van der Waals surface area (Å²) in [5, 5.41) is 2.83. The van der Waals surface area contributed by atoms with Gasteiger partial charge in [-0.1, -0.05) is 24.3 Å². The van der Waals surface area contributed by atoms with E-state index in [0.717, 1.165) is 13.1 Å². The number of carbonyl (C=O) groups is 2. The zero-order valence-corrected chi connectivity index (χ0v) is 17.1. The summed E-state index contributed by atoms with van der Waals surface area (Å²) in [6, 6.07) is 14.2. The monoisotopic (exact) mass is 397 g/mol. The Bertz CT molecular complexity index is 863. The maximum absolute atomic E-state index is 13.0. The zero-order valence-electron chi connectivity index (χ0n) is 17.1. The lowest BCUT2D eigenvalue weighted by molar-refractivity contribution is -0.122. The van der Waals surface area contributed by atoms with Crippen LogP contribution >= 0.6 is 0 Å². The highest BCUT2D eigenvalue weighted by molar-refractivity contribution is 6.04. The zero-order chi connectivity index (χ0) is 20.8. The maximum Gasteiger partial charge on any atom is 0.265 e. The molecule has 1 fully saturated rings. The van der Waals surface area contributed by atoms with Crippen molar-refractivity contribution >= 4 is 17.5 Å². The second-order valence-electron chi connectivity index (χ2n) is 7.04. The Labute approximate surface area is 171 Å². The van der Waals surface area contributed by atoms with Gasteiger partial charge in [0.05, 0.1) is 18.4 Å². The molecule has 1 aliphatic rings. The summed E-state index contributed by atoms with van der Waals surface area (Å²) in [6.45, 7) is 4.68. The van der Waals surface area contributed by atoms with Gasteiger partial charge in [-0.15, -0.1) is 0 Å². The van der Waals surface area contributed by atoms with Gasteiger partial charge in [-0.25, -0.2) is 0 Å². The number of nitrogens with zero attached hydrogens (tertiary/aromatic N) is 2. The predicted molar refractivity (Wildman–Crippen MR) is 112 cm³/mol. The number of ether oxygens (including phenoxy) is 2. The number of para-hydroxylation sites is 3. The summed E-state index contributed by atoms with van der Waals surface area (Å²) in [5.41, 5.74) is 0.965. The van der Waals surface area contributed by atoms with E-state index in [1.54, 1.807) is 50.4 Å². The quantitative estimate of drug-likeness (QED) is 0.811. The van der Waals surface area contributed by atoms with Crippen LogP contribution in [0.2, 0.25) is 0 Å². The molecule has 154 valence electrons. The summed E-state index contributed by atoms with van der Waals surface area (Å²) >= 11 is 0. The minimum atomic E-state index is -0.766. The standard InChI is InChI=1S/C22H27N3O4/c1-16(29-20-11-7-6-10-19(20)28-3)21(26)23-18-9-5-4-8-17(18)22(27)25-14-12-24(2)13-15-25/h4-11,16H,12-15H2,1-3H3,(H,23,26). The van der Waals surface area contributed by atoms with Gasteiger partial charge in [0, 0.05) is 26.2 Å². The maximum atomic E-state index is 13.0. The molecule has 1 heterocycles. The van der Waals surface area contributed by atoms with E-state index in [1.165, 1.54) is 0 Å². The van der Waals surface area contributed by atoms with Crippen LogP contribution in [0.4, 0.5) is 5.69 Å². The van der Waals surface area contributed by atoms with Crippen LogP contribution < -0.4 is 14.8 Å². The number of carbonyl (C=O) groups excluding carboxylic acids is 2. The van der Waals surface area contributed by atoms with E-state index >= 15 is 0 Å². The Hall–Kier alpha value is -3.06. The molecule has 2 aromatic rings. The van der Waals surface area contributed by atoms with Gasteiger partial charge in [-0.2, -0.15) is 0 Å². The van der Waals surface area contributed by atoms with Crippen molar-refractivity contribution in [3.63, 3.8) is 0 Å². The lowest BCUT2D eigenvalue weighted by Gasteiger charge is -2.32. The van der Waals surface area contributed by atoms with Gasteiger partial charge in [0.25, 0.3) is 11.8 Å². The molecular weight excluding hydrogens is 370 g/mol. The van der Waals surface area contributed by atoms with Crippen molar-refractivity contribution in [1.82, 2.24) is 9.80 Å². The topological polar surface area (TPSA) is 71.1 Å². The summed E-state index contributed by atoms with van der Waals surface area (Å²) in [6.07, 6.45) is -0.766. The van der Waals surface area contributed by atoms with Crippen molar-refractivity contribution in [1.29, 1.82) is 0 Å². The van der Waals surface area contributed by atoms with Gasteiger partial charge in [-0.3, -0.25) is 9.59 Å². The third kappa shape index (κ3) is 5.06. The number of likely N-dealkylation sites (N-methyl/N-ethyl adjacent to an activating group) is 1. The molecule has 1 saturated heterocycles. The number of amides is 2. The van der Waals surface area contributed by atoms with E-state index in [4.69, 9.17) is 9.47 Å².